The van der Waals surface area contributed by atoms with Crippen molar-refractivity contribution < 1.29 is 0 Å². The van der Waals surface area contributed by atoms with Crippen LogP contribution in [0.4, 0.5) is 0 Å². The predicted molar refractivity (Wildman–Crippen MR) is 85.0 cm³/mol. The zero-order chi connectivity index (χ0) is 14.1. The molecule has 0 aliphatic carbocycles. The van der Waals surface area contributed by atoms with Crippen LogP contribution in [0.1, 0.15) is 23.1 Å². The summed E-state index contributed by atoms with van der Waals surface area (Å²) in [5.41, 5.74) is 0. The van der Waals surface area contributed by atoms with Gasteiger partial charge < -0.3 is 15.5 Å². The molecule has 0 aromatic carbocycles. The van der Waals surface area contributed by atoms with E-state index in [1.165, 1.54) is 9.75 Å². The number of guanidine groups is 1. The van der Waals surface area contributed by atoms with E-state index in [2.05, 4.69) is 60.6 Å². The maximum atomic E-state index is 4.60. The van der Waals surface area contributed by atoms with E-state index in [9.17, 15) is 0 Å². The van der Waals surface area contributed by atoms with Gasteiger partial charge in [-0.3, -0.25) is 0 Å². The van der Waals surface area contributed by atoms with Gasteiger partial charge in [-0.05, 0) is 53.0 Å². The van der Waals surface area contributed by atoms with E-state index in [0.717, 1.165) is 38.6 Å². The highest BCUT2D eigenvalue weighted by Gasteiger charge is 1.99. The summed E-state index contributed by atoms with van der Waals surface area (Å²) < 4.78 is 0. The number of rotatable bonds is 7. The van der Waals surface area contributed by atoms with Gasteiger partial charge in [0.25, 0.3) is 0 Å². The second-order valence-corrected chi connectivity index (χ2v) is 6.16. The Labute approximate surface area is 120 Å². The molecule has 1 heterocycles. The van der Waals surface area contributed by atoms with Crippen molar-refractivity contribution in [2.24, 2.45) is 4.99 Å². The number of nitrogens with one attached hydrogen (secondary N) is 2. The molecule has 5 heteroatoms. The summed E-state index contributed by atoms with van der Waals surface area (Å²) >= 11 is 1.81. The summed E-state index contributed by atoms with van der Waals surface area (Å²) in [4.78, 5) is 9.45. The predicted octanol–water partition coefficient (Wildman–Crippen LogP) is 2.06. The van der Waals surface area contributed by atoms with Crippen molar-refractivity contribution >= 4 is 17.3 Å². The minimum atomic E-state index is 0.752. The van der Waals surface area contributed by atoms with Gasteiger partial charge >= 0.3 is 0 Å². The standard InChI is InChI=1S/C14H26N4S/c1-5-15-14(16-9-6-10-18(3)4)17-11-13-8-7-12(2)19-13/h7-8H,5-6,9-11H2,1-4H3,(H2,15,16,17). The van der Waals surface area contributed by atoms with Crippen molar-refractivity contribution in [1.82, 2.24) is 15.5 Å². The molecule has 0 bridgehead atoms. The number of hydrogen-bond acceptors (Lipinski definition) is 3. The van der Waals surface area contributed by atoms with Crippen LogP contribution in [0.2, 0.25) is 0 Å². The van der Waals surface area contributed by atoms with Gasteiger partial charge in [0.15, 0.2) is 5.96 Å². The van der Waals surface area contributed by atoms with Gasteiger partial charge in [0.1, 0.15) is 0 Å². The molecule has 0 fully saturated rings. The Morgan fingerprint density at radius 1 is 1.32 bits per heavy atom. The molecule has 1 aromatic rings. The molecule has 4 nitrogen and oxygen atoms in total. The van der Waals surface area contributed by atoms with Gasteiger partial charge in [-0.1, -0.05) is 0 Å². The lowest BCUT2D eigenvalue weighted by molar-refractivity contribution is 0.399. The lowest BCUT2D eigenvalue weighted by Crippen LogP contribution is -2.38. The Kier molecular flexibility index (Phi) is 7.52. The Hall–Kier alpha value is -1.07. The minimum Gasteiger partial charge on any atom is -0.357 e. The molecule has 1 aromatic heterocycles. The monoisotopic (exact) mass is 282 g/mol. The quantitative estimate of drug-likeness (QED) is 0.457. The second kappa shape index (κ2) is 8.93. The topological polar surface area (TPSA) is 39.7 Å². The molecule has 0 aliphatic rings. The average molecular weight is 282 g/mol. The SMILES string of the molecule is CCNC(=NCc1ccc(C)s1)NCCCN(C)C. The van der Waals surface area contributed by atoms with Crippen molar-refractivity contribution in [3.05, 3.63) is 21.9 Å². The highest BCUT2D eigenvalue weighted by Crippen LogP contribution is 2.15. The molecule has 2 N–H and O–H groups in total. The number of nitrogens with zero attached hydrogens (tertiary/aromatic N) is 2. The van der Waals surface area contributed by atoms with Gasteiger partial charge in [-0.25, -0.2) is 4.99 Å². The van der Waals surface area contributed by atoms with Crippen LogP contribution in [0.5, 0.6) is 0 Å². The largest absolute Gasteiger partial charge is 0.357 e. The fourth-order valence-electron chi connectivity index (χ4n) is 1.67. The molecule has 0 spiro atoms. The molecule has 108 valence electrons. The lowest BCUT2D eigenvalue weighted by atomic mass is 10.4. The van der Waals surface area contributed by atoms with E-state index in [1.54, 1.807) is 0 Å². The summed E-state index contributed by atoms with van der Waals surface area (Å²) in [5.74, 6) is 0.910. The first-order valence-corrected chi connectivity index (χ1v) is 7.65. The Morgan fingerprint density at radius 3 is 2.68 bits per heavy atom. The van der Waals surface area contributed by atoms with Gasteiger partial charge in [0.2, 0.25) is 0 Å². The lowest BCUT2D eigenvalue weighted by Gasteiger charge is -2.13. The maximum Gasteiger partial charge on any atom is 0.191 e. The number of aryl methyl sites for hydroxylation is 1. The first kappa shape index (κ1) is 16.0. The summed E-state index contributed by atoms with van der Waals surface area (Å²) in [7, 11) is 4.19. The fraction of sp³-hybridized carbons (Fsp3) is 0.643. The van der Waals surface area contributed by atoms with Gasteiger partial charge in [-0.15, -0.1) is 11.3 Å². The minimum absolute atomic E-state index is 0.752. The molecular weight excluding hydrogens is 256 g/mol. The average Bonchev–Trinajstić information content (AvgIpc) is 2.77. The third-order valence-corrected chi connectivity index (χ3v) is 3.59. The van der Waals surface area contributed by atoms with Crippen molar-refractivity contribution in [1.29, 1.82) is 0 Å². The first-order valence-electron chi connectivity index (χ1n) is 6.84. The number of hydrogen-bond donors (Lipinski definition) is 2. The molecule has 0 amide bonds. The van der Waals surface area contributed by atoms with Crippen LogP contribution in [0.3, 0.4) is 0 Å². The van der Waals surface area contributed by atoms with E-state index in [0.29, 0.717) is 0 Å². The van der Waals surface area contributed by atoms with Crippen LogP contribution in [0.15, 0.2) is 17.1 Å². The van der Waals surface area contributed by atoms with E-state index in [4.69, 9.17) is 0 Å². The first-order chi connectivity index (χ1) is 9.11. The normalized spacial score (nSPS) is 11.9. The van der Waals surface area contributed by atoms with E-state index >= 15 is 0 Å². The summed E-state index contributed by atoms with van der Waals surface area (Å²) in [6.07, 6.45) is 1.12. The Bertz CT molecular complexity index is 385. The van der Waals surface area contributed by atoms with Crippen molar-refractivity contribution in [2.45, 2.75) is 26.8 Å². The van der Waals surface area contributed by atoms with Crippen LogP contribution < -0.4 is 10.6 Å². The number of thiophene rings is 1. The van der Waals surface area contributed by atoms with Crippen LogP contribution in [-0.4, -0.2) is 44.6 Å². The molecule has 0 aliphatic heterocycles. The second-order valence-electron chi connectivity index (χ2n) is 4.79. The molecule has 0 saturated carbocycles. The molecule has 0 unspecified atom stereocenters. The highest BCUT2D eigenvalue weighted by molar-refractivity contribution is 7.11. The van der Waals surface area contributed by atoms with E-state index in [1.807, 2.05) is 11.3 Å². The van der Waals surface area contributed by atoms with Crippen LogP contribution in [0.25, 0.3) is 0 Å². The maximum absolute atomic E-state index is 4.60. The van der Waals surface area contributed by atoms with E-state index < -0.39 is 0 Å². The summed E-state index contributed by atoms with van der Waals surface area (Å²) in [6, 6.07) is 4.30. The van der Waals surface area contributed by atoms with Crippen molar-refractivity contribution in [3.8, 4) is 0 Å². The Balaban J connectivity index is 2.37. The third kappa shape index (κ3) is 7.18. The van der Waals surface area contributed by atoms with E-state index in [-0.39, 0.29) is 0 Å². The molecule has 1 rings (SSSR count). The van der Waals surface area contributed by atoms with Crippen LogP contribution in [0, 0.1) is 6.92 Å². The van der Waals surface area contributed by atoms with Crippen molar-refractivity contribution in [3.63, 3.8) is 0 Å². The molecule has 0 atom stereocenters. The molecular formula is C14H26N4S. The summed E-state index contributed by atoms with van der Waals surface area (Å²) in [6.45, 7) is 7.91. The van der Waals surface area contributed by atoms with Gasteiger partial charge in [0.05, 0.1) is 6.54 Å². The molecule has 0 radical (unpaired) electrons. The van der Waals surface area contributed by atoms with Gasteiger partial charge in [-0.2, -0.15) is 0 Å². The highest BCUT2D eigenvalue weighted by atomic mass is 32.1. The van der Waals surface area contributed by atoms with Crippen LogP contribution in [-0.2, 0) is 6.54 Å². The number of aliphatic imine (C=N–C) groups is 1. The zero-order valence-electron chi connectivity index (χ0n) is 12.5. The fourth-order valence-corrected chi connectivity index (χ4v) is 2.49. The smallest absolute Gasteiger partial charge is 0.191 e. The zero-order valence-corrected chi connectivity index (χ0v) is 13.3. The Morgan fingerprint density at radius 2 is 2.11 bits per heavy atom. The molecule has 0 saturated heterocycles. The molecule has 19 heavy (non-hydrogen) atoms. The van der Waals surface area contributed by atoms with Crippen molar-refractivity contribution in [2.75, 3.05) is 33.7 Å². The summed E-state index contributed by atoms with van der Waals surface area (Å²) in [5, 5.41) is 6.65. The van der Waals surface area contributed by atoms with Crippen LogP contribution >= 0.6 is 11.3 Å². The van der Waals surface area contributed by atoms with Gasteiger partial charge in [0, 0.05) is 22.8 Å². The third-order valence-electron chi connectivity index (χ3n) is 2.61.